The number of anilines is 1. The SMILES string of the molecule is CCCCCCN1C(=O)C(=Cc2c(N3CCOCC3)nc3ccc(C)cn3c2=O)SC1=S. The second-order valence-electron chi connectivity index (χ2n) is 8.08. The summed E-state index contributed by atoms with van der Waals surface area (Å²) in [6.45, 7) is 7.16. The Morgan fingerprint density at radius 1 is 1.19 bits per heavy atom. The summed E-state index contributed by atoms with van der Waals surface area (Å²) in [5.41, 5.74) is 1.78. The normalized spacial score (nSPS) is 18.4. The van der Waals surface area contributed by atoms with Crippen molar-refractivity contribution in [2.45, 2.75) is 39.5 Å². The Labute approximate surface area is 197 Å². The quantitative estimate of drug-likeness (QED) is 0.346. The Morgan fingerprint density at radius 2 is 1.97 bits per heavy atom. The van der Waals surface area contributed by atoms with Gasteiger partial charge in [-0.1, -0.05) is 56.2 Å². The van der Waals surface area contributed by atoms with Crippen LogP contribution in [0.1, 0.15) is 43.7 Å². The molecule has 0 atom stereocenters. The largest absolute Gasteiger partial charge is 0.378 e. The highest BCUT2D eigenvalue weighted by Crippen LogP contribution is 2.34. The molecular weight excluding hydrogens is 444 g/mol. The third-order valence-electron chi connectivity index (χ3n) is 5.68. The van der Waals surface area contributed by atoms with Crippen LogP contribution in [0.4, 0.5) is 5.82 Å². The number of carbonyl (C=O) groups is 1. The molecule has 2 fully saturated rings. The number of ether oxygens (including phenoxy) is 1. The van der Waals surface area contributed by atoms with Gasteiger partial charge in [0.25, 0.3) is 11.5 Å². The van der Waals surface area contributed by atoms with E-state index in [0.717, 1.165) is 31.2 Å². The van der Waals surface area contributed by atoms with Crippen LogP contribution in [-0.4, -0.2) is 57.4 Å². The zero-order valence-electron chi connectivity index (χ0n) is 18.5. The van der Waals surface area contributed by atoms with E-state index in [1.165, 1.54) is 11.8 Å². The predicted molar refractivity (Wildman–Crippen MR) is 133 cm³/mol. The van der Waals surface area contributed by atoms with Gasteiger partial charge in [-0.3, -0.25) is 18.9 Å². The van der Waals surface area contributed by atoms with E-state index in [-0.39, 0.29) is 11.5 Å². The lowest BCUT2D eigenvalue weighted by atomic mass is 10.2. The summed E-state index contributed by atoms with van der Waals surface area (Å²) in [6.07, 6.45) is 7.74. The van der Waals surface area contributed by atoms with E-state index in [4.69, 9.17) is 21.9 Å². The predicted octanol–water partition coefficient (Wildman–Crippen LogP) is 3.62. The number of hydrogen-bond acceptors (Lipinski definition) is 7. The van der Waals surface area contributed by atoms with Crippen LogP contribution < -0.4 is 10.5 Å². The number of aryl methyl sites for hydroxylation is 1. The van der Waals surface area contributed by atoms with Gasteiger partial charge in [-0.25, -0.2) is 4.98 Å². The summed E-state index contributed by atoms with van der Waals surface area (Å²) in [5.74, 6) is 0.466. The van der Waals surface area contributed by atoms with E-state index in [0.29, 0.717) is 59.1 Å². The first kappa shape index (κ1) is 22.9. The second kappa shape index (κ2) is 10.1. The number of unbranched alkanes of at least 4 members (excludes halogenated alkanes) is 3. The molecule has 170 valence electrons. The maximum atomic E-state index is 13.5. The summed E-state index contributed by atoms with van der Waals surface area (Å²) in [4.78, 5) is 35.6. The van der Waals surface area contributed by atoms with E-state index in [9.17, 15) is 9.59 Å². The zero-order chi connectivity index (χ0) is 22.7. The molecule has 2 aromatic heterocycles. The molecule has 0 N–H and O–H groups in total. The molecule has 0 aromatic carbocycles. The number of nitrogens with zero attached hydrogens (tertiary/aromatic N) is 4. The number of hydrogen-bond donors (Lipinski definition) is 0. The molecule has 4 heterocycles. The monoisotopic (exact) mass is 472 g/mol. The van der Waals surface area contributed by atoms with Crippen molar-refractivity contribution >= 4 is 51.7 Å². The molecule has 9 heteroatoms. The molecule has 0 unspecified atom stereocenters. The first-order chi connectivity index (χ1) is 15.5. The van der Waals surface area contributed by atoms with Crippen molar-refractivity contribution in [1.29, 1.82) is 0 Å². The van der Waals surface area contributed by atoms with Crippen molar-refractivity contribution in [3.05, 3.63) is 44.7 Å². The van der Waals surface area contributed by atoms with Crippen LogP contribution in [0.3, 0.4) is 0 Å². The van der Waals surface area contributed by atoms with Gasteiger partial charge in [0.1, 0.15) is 15.8 Å². The Kier molecular flexibility index (Phi) is 7.27. The van der Waals surface area contributed by atoms with Crippen molar-refractivity contribution in [1.82, 2.24) is 14.3 Å². The summed E-state index contributed by atoms with van der Waals surface area (Å²) in [5, 5.41) is 0. The fraction of sp³-hybridized carbons (Fsp3) is 0.478. The van der Waals surface area contributed by atoms with Crippen LogP contribution in [0, 0.1) is 6.92 Å². The lowest BCUT2D eigenvalue weighted by molar-refractivity contribution is -0.122. The van der Waals surface area contributed by atoms with Gasteiger partial charge in [0.2, 0.25) is 0 Å². The minimum absolute atomic E-state index is 0.127. The molecule has 32 heavy (non-hydrogen) atoms. The third-order valence-corrected chi connectivity index (χ3v) is 7.06. The van der Waals surface area contributed by atoms with Crippen molar-refractivity contribution in [3.63, 3.8) is 0 Å². The standard InChI is InChI=1S/C23H28N4O3S2/c1-3-4-5-6-9-26-22(29)18(32-23(26)31)14-17-20(25-10-12-30-13-11-25)24-19-8-7-16(2)15-27(19)21(17)28/h7-8,14-15H,3-6,9-13H2,1-2H3. The number of fused-ring (bicyclic) bond motifs is 1. The highest BCUT2D eigenvalue weighted by Gasteiger charge is 2.32. The van der Waals surface area contributed by atoms with Crippen LogP contribution in [0.15, 0.2) is 28.0 Å². The summed E-state index contributed by atoms with van der Waals surface area (Å²) >= 11 is 6.74. The molecular formula is C23H28N4O3S2. The molecule has 2 aliphatic rings. The van der Waals surface area contributed by atoms with Crippen LogP contribution in [0.25, 0.3) is 11.7 Å². The minimum atomic E-state index is -0.187. The Bertz CT molecular complexity index is 1120. The average molecular weight is 473 g/mol. The summed E-state index contributed by atoms with van der Waals surface area (Å²) < 4.78 is 7.58. The molecule has 7 nitrogen and oxygen atoms in total. The first-order valence-electron chi connectivity index (χ1n) is 11.1. The van der Waals surface area contributed by atoms with Gasteiger partial charge in [-0.05, 0) is 31.1 Å². The van der Waals surface area contributed by atoms with E-state index in [1.807, 2.05) is 19.1 Å². The van der Waals surface area contributed by atoms with Gasteiger partial charge < -0.3 is 9.64 Å². The molecule has 2 saturated heterocycles. The van der Waals surface area contributed by atoms with Crippen molar-refractivity contribution in [2.75, 3.05) is 37.7 Å². The van der Waals surface area contributed by atoms with Gasteiger partial charge in [-0.2, -0.15) is 0 Å². The van der Waals surface area contributed by atoms with Crippen molar-refractivity contribution in [3.8, 4) is 0 Å². The Balaban J connectivity index is 1.73. The molecule has 0 radical (unpaired) electrons. The van der Waals surface area contributed by atoms with Gasteiger partial charge in [0.05, 0.1) is 23.7 Å². The number of morpholine rings is 1. The number of rotatable bonds is 7. The van der Waals surface area contributed by atoms with E-state index in [2.05, 4.69) is 11.8 Å². The zero-order valence-corrected chi connectivity index (χ0v) is 20.1. The van der Waals surface area contributed by atoms with Gasteiger partial charge >= 0.3 is 0 Å². The fourth-order valence-corrected chi connectivity index (χ4v) is 5.20. The maximum absolute atomic E-state index is 13.5. The minimum Gasteiger partial charge on any atom is -0.378 e. The van der Waals surface area contributed by atoms with Crippen molar-refractivity contribution < 1.29 is 9.53 Å². The van der Waals surface area contributed by atoms with Crippen LogP contribution in [-0.2, 0) is 9.53 Å². The number of aromatic nitrogens is 2. The molecule has 2 aliphatic heterocycles. The highest BCUT2D eigenvalue weighted by atomic mass is 32.2. The summed E-state index contributed by atoms with van der Waals surface area (Å²) in [7, 11) is 0. The molecule has 0 spiro atoms. The average Bonchev–Trinajstić information content (AvgIpc) is 3.06. The highest BCUT2D eigenvalue weighted by molar-refractivity contribution is 8.26. The fourth-order valence-electron chi connectivity index (χ4n) is 3.91. The Hall–Kier alpha value is -2.23. The number of amides is 1. The molecule has 0 aliphatic carbocycles. The summed E-state index contributed by atoms with van der Waals surface area (Å²) in [6, 6.07) is 3.79. The lowest BCUT2D eigenvalue weighted by Crippen LogP contribution is -2.38. The van der Waals surface area contributed by atoms with Crippen LogP contribution in [0.5, 0.6) is 0 Å². The first-order valence-corrected chi connectivity index (χ1v) is 12.3. The van der Waals surface area contributed by atoms with Gasteiger partial charge in [0.15, 0.2) is 0 Å². The van der Waals surface area contributed by atoms with Gasteiger partial charge in [-0.15, -0.1) is 0 Å². The maximum Gasteiger partial charge on any atom is 0.267 e. The van der Waals surface area contributed by atoms with Gasteiger partial charge in [0, 0.05) is 25.8 Å². The topological polar surface area (TPSA) is 67.2 Å². The van der Waals surface area contributed by atoms with E-state index in [1.54, 1.807) is 21.6 Å². The molecule has 0 saturated carbocycles. The van der Waals surface area contributed by atoms with E-state index < -0.39 is 0 Å². The van der Waals surface area contributed by atoms with Crippen LogP contribution in [0.2, 0.25) is 0 Å². The molecule has 1 amide bonds. The number of carbonyl (C=O) groups excluding carboxylic acids is 1. The third kappa shape index (κ3) is 4.74. The smallest absolute Gasteiger partial charge is 0.267 e. The number of thiocarbonyl (C=S) groups is 1. The van der Waals surface area contributed by atoms with E-state index >= 15 is 0 Å². The molecule has 2 aromatic rings. The second-order valence-corrected chi connectivity index (χ2v) is 9.76. The molecule has 4 rings (SSSR count). The van der Waals surface area contributed by atoms with Crippen LogP contribution >= 0.6 is 24.0 Å². The Morgan fingerprint density at radius 3 is 2.72 bits per heavy atom. The van der Waals surface area contributed by atoms with Crippen molar-refractivity contribution in [2.24, 2.45) is 0 Å². The molecule has 0 bridgehead atoms. The lowest BCUT2D eigenvalue weighted by Gasteiger charge is -2.29. The number of thioether (sulfide) groups is 1. The number of pyridine rings is 1.